The number of pyridine rings is 1. The summed E-state index contributed by atoms with van der Waals surface area (Å²) in [5.74, 6) is 0.839. The van der Waals surface area contributed by atoms with Crippen LogP contribution in [0.25, 0.3) is 0 Å². The fourth-order valence-corrected chi connectivity index (χ4v) is 3.71. The first-order chi connectivity index (χ1) is 13.6. The van der Waals surface area contributed by atoms with Gasteiger partial charge in [0.2, 0.25) is 0 Å². The largest absolute Gasteiger partial charge is 0.495 e. The summed E-state index contributed by atoms with van der Waals surface area (Å²) in [5.41, 5.74) is 2.53. The standard InChI is InChI=1S/C21H25N3O4/c1-15-3-4-18(26-2)17(13-15)23-19-14-16(5-8-22-19)20(25)24-9-6-21(7-10-24)27-11-12-28-21/h3-5,8,13-14H,6-7,9-12H2,1-2H3,(H,22,23). The molecule has 0 saturated carbocycles. The number of aryl methyl sites for hydroxylation is 1. The predicted molar refractivity (Wildman–Crippen MR) is 105 cm³/mol. The van der Waals surface area contributed by atoms with Crippen molar-refractivity contribution < 1.29 is 19.0 Å². The monoisotopic (exact) mass is 383 g/mol. The number of carbonyl (C=O) groups excluding carboxylic acids is 1. The van der Waals surface area contributed by atoms with Gasteiger partial charge in [-0.2, -0.15) is 0 Å². The number of amides is 1. The van der Waals surface area contributed by atoms with Crippen LogP contribution >= 0.6 is 0 Å². The summed E-state index contributed by atoms with van der Waals surface area (Å²) in [5, 5.41) is 3.26. The first kappa shape index (κ1) is 18.7. The van der Waals surface area contributed by atoms with E-state index in [-0.39, 0.29) is 5.91 Å². The molecule has 1 aromatic heterocycles. The highest BCUT2D eigenvalue weighted by Gasteiger charge is 2.40. The van der Waals surface area contributed by atoms with Gasteiger partial charge in [0.15, 0.2) is 5.79 Å². The summed E-state index contributed by atoms with van der Waals surface area (Å²) in [6.45, 7) is 4.52. The number of anilines is 2. The Labute approximate surface area is 164 Å². The van der Waals surface area contributed by atoms with E-state index < -0.39 is 5.79 Å². The highest BCUT2D eigenvalue weighted by atomic mass is 16.7. The van der Waals surface area contributed by atoms with Crippen molar-refractivity contribution in [3.8, 4) is 5.75 Å². The van der Waals surface area contributed by atoms with E-state index in [4.69, 9.17) is 14.2 Å². The van der Waals surface area contributed by atoms with E-state index in [0.717, 1.165) is 17.0 Å². The van der Waals surface area contributed by atoms with Crippen LogP contribution in [0, 0.1) is 6.92 Å². The molecule has 2 saturated heterocycles. The zero-order valence-corrected chi connectivity index (χ0v) is 16.2. The first-order valence-electron chi connectivity index (χ1n) is 9.53. The van der Waals surface area contributed by atoms with E-state index >= 15 is 0 Å². The Kier molecular flexibility index (Phi) is 5.19. The van der Waals surface area contributed by atoms with Crippen LogP contribution in [-0.4, -0.2) is 55.0 Å². The van der Waals surface area contributed by atoms with Crippen molar-refractivity contribution in [2.24, 2.45) is 0 Å². The second-order valence-electron chi connectivity index (χ2n) is 7.16. The van der Waals surface area contributed by atoms with Gasteiger partial charge in [0.1, 0.15) is 11.6 Å². The van der Waals surface area contributed by atoms with Crippen LogP contribution in [0.3, 0.4) is 0 Å². The molecule has 2 aromatic rings. The van der Waals surface area contributed by atoms with Gasteiger partial charge in [-0.3, -0.25) is 4.79 Å². The molecule has 1 aromatic carbocycles. The number of piperidine rings is 1. The van der Waals surface area contributed by atoms with E-state index in [1.54, 1.807) is 25.4 Å². The van der Waals surface area contributed by atoms with Crippen LogP contribution < -0.4 is 10.1 Å². The minimum absolute atomic E-state index is 0.00509. The number of nitrogens with zero attached hydrogens (tertiary/aromatic N) is 2. The topological polar surface area (TPSA) is 72.9 Å². The summed E-state index contributed by atoms with van der Waals surface area (Å²) >= 11 is 0. The number of benzene rings is 1. The quantitative estimate of drug-likeness (QED) is 0.875. The normalized spacial score (nSPS) is 18.3. The third-order valence-electron chi connectivity index (χ3n) is 5.25. The van der Waals surface area contributed by atoms with Gasteiger partial charge in [-0.25, -0.2) is 4.98 Å². The zero-order valence-electron chi connectivity index (χ0n) is 16.2. The molecule has 0 aliphatic carbocycles. The molecule has 7 nitrogen and oxygen atoms in total. The van der Waals surface area contributed by atoms with Gasteiger partial charge in [0.25, 0.3) is 5.91 Å². The zero-order chi connectivity index (χ0) is 19.6. The second kappa shape index (κ2) is 7.77. The summed E-state index contributed by atoms with van der Waals surface area (Å²) in [7, 11) is 1.63. The second-order valence-corrected chi connectivity index (χ2v) is 7.16. The number of rotatable bonds is 4. The summed E-state index contributed by atoms with van der Waals surface area (Å²) in [6, 6.07) is 9.40. The minimum atomic E-state index is -0.483. The molecular weight excluding hydrogens is 358 g/mol. The van der Waals surface area contributed by atoms with Crippen molar-refractivity contribution >= 4 is 17.4 Å². The molecule has 2 aliphatic rings. The Morgan fingerprint density at radius 1 is 1.18 bits per heavy atom. The molecule has 2 aliphatic heterocycles. The fourth-order valence-electron chi connectivity index (χ4n) is 3.71. The van der Waals surface area contributed by atoms with E-state index in [2.05, 4.69) is 10.3 Å². The number of methoxy groups -OCH3 is 1. The number of carbonyl (C=O) groups is 1. The highest BCUT2D eigenvalue weighted by Crippen LogP contribution is 2.32. The van der Waals surface area contributed by atoms with Crippen molar-refractivity contribution in [3.05, 3.63) is 47.7 Å². The van der Waals surface area contributed by atoms with E-state index in [9.17, 15) is 4.79 Å². The van der Waals surface area contributed by atoms with Crippen molar-refractivity contribution in [1.82, 2.24) is 9.88 Å². The molecule has 28 heavy (non-hydrogen) atoms. The van der Waals surface area contributed by atoms with Crippen molar-refractivity contribution in [2.75, 3.05) is 38.7 Å². The SMILES string of the molecule is COc1ccc(C)cc1Nc1cc(C(=O)N2CCC3(CC2)OCCO3)ccn1. The summed E-state index contributed by atoms with van der Waals surface area (Å²) in [6.07, 6.45) is 3.05. The third kappa shape index (κ3) is 3.81. The van der Waals surface area contributed by atoms with Gasteiger partial charge >= 0.3 is 0 Å². The number of nitrogens with one attached hydrogen (secondary N) is 1. The van der Waals surface area contributed by atoms with Crippen molar-refractivity contribution in [3.63, 3.8) is 0 Å². The lowest BCUT2D eigenvalue weighted by molar-refractivity contribution is -0.181. The number of hydrogen-bond donors (Lipinski definition) is 1. The first-order valence-corrected chi connectivity index (χ1v) is 9.53. The number of ether oxygens (including phenoxy) is 3. The van der Waals surface area contributed by atoms with Gasteiger partial charge in [0, 0.05) is 37.7 Å². The van der Waals surface area contributed by atoms with Gasteiger partial charge in [-0.1, -0.05) is 6.07 Å². The maximum absolute atomic E-state index is 12.9. The average Bonchev–Trinajstić information content (AvgIpc) is 3.16. The molecule has 0 atom stereocenters. The Morgan fingerprint density at radius 3 is 2.64 bits per heavy atom. The van der Waals surface area contributed by atoms with E-state index in [1.807, 2.05) is 30.0 Å². The van der Waals surface area contributed by atoms with Crippen LogP contribution in [0.2, 0.25) is 0 Å². The predicted octanol–water partition coefficient (Wildman–Crippen LogP) is 3.12. The molecule has 4 rings (SSSR count). The Morgan fingerprint density at radius 2 is 1.93 bits per heavy atom. The Hall–Kier alpha value is -2.64. The maximum atomic E-state index is 12.9. The lowest BCUT2D eigenvalue weighted by Crippen LogP contribution is -2.47. The van der Waals surface area contributed by atoms with Gasteiger partial charge in [0.05, 0.1) is 26.0 Å². The highest BCUT2D eigenvalue weighted by molar-refractivity contribution is 5.95. The van der Waals surface area contributed by atoms with Crippen LogP contribution in [0.15, 0.2) is 36.5 Å². The molecule has 148 valence electrons. The number of likely N-dealkylation sites (tertiary alicyclic amines) is 1. The summed E-state index contributed by atoms with van der Waals surface area (Å²) < 4.78 is 16.9. The van der Waals surface area contributed by atoms with Crippen molar-refractivity contribution in [2.45, 2.75) is 25.6 Å². The molecule has 7 heteroatoms. The third-order valence-corrected chi connectivity index (χ3v) is 5.25. The molecule has 0 unspecified atom stereocenters. The van der Waals surface area contributed by atoms with Crippen LogP contribution in [0.4, 0.5) is 11.5 Å². The number of aromatic nitrogens is 1. The van der Waals surface area contributed by atoms with Crippen LogP contribution in [0.1, 0.15) is 28.8 Å². The maximum Gasteiger partial charge on any atom is 0.254 e. The number of hydrogen-bond acceptors (Lipinski definition) is 6. The molecular formula is C21H25N3O4. The molecule has 1 spiro atoms. The fraction of sp³-hybridized carbons (Fsp3) is 0.429. The average molecular weight is 383 g/mol. The molecule has 1 amide bonds. The Balaban J connectivity index is 1.46. The smallest absolute Gasteiger partial charge is 0.254 e. The summed E-state index contributed by atoms with van der Waals surface area (Å²) in [4.78, 5) is 19.1. The molecule has 0 radical (unpaired) electrons. The van der Waals surface area contributed by atoms with Crippen LogP contribution in [-0.2, 0) is 9.47 Å². The van der Waals surface area contributed by atoms with Crippen molar-refractivity contribution in [1.29, 1.82) is 0 Å². The lowest BCUT2D eigenvalue weighted by atomic mass is 10.0. The minimum Gasteiger partial charge on any atom is -0.495 e. The lowest BCUT2D eigenvalue weighted by Gasteiger charge is -2.37. The van der Waals surface area contributed by atoms with Crippen LogP contribution in [0.5, 0.6) is 5.75 Å². The Bertz CT molecular complexity index is 854. The molecule has 0 bridgehead atoms. The van der Waals surface area contributed by atoms with Gasteiger partial charge in [-0.05, 0) is 36.8 Å². The van der Waals surface area contributed by atoms with E-state index in [1.165, 1.54) is 0 Å². The molecule has 1 N–H and O–H groups in total. The van der Waals surface area contributed by atoms with Gasteiger partial charge < -0.3 is 24.4 Å². The van der Waals surface area contributed by atoms with Gasteiger partial charge in [-0.15, -0.1) is 0 Å². The van der Waals surface area contributed by atoms with E-state index in [0.29, 0.717) is 50.5 Å². The molecule has 3 heterocycles. The molecule has 2 fully saturated rings.